The molecule has 2 atom stereocenters. The molecule has 0 radical (unpaired) electrons. The van der Waals surface area contributed by atoms with E-state index in [-0.39, 0.29) is 6.04 Å². The maximum atomic E-state index is 6.06. The molecule has 0 unspecified atom stereocenters. The minimum atomic E-state index is -0.148. The zero-order chi connectivity index (χ0) is 13.5. The normalized spacial score (nSPS) is 15.0. The number of aromatic nitrogens is 2. The highest BCUT2D eigenvalue weighted by Gasteiger charge is 2.19. The first kappa shape index (κ1) is 15.1. The molecule has 1 heterocycles. The van der Waals surface area contributed by atoms with Crippen LogP contribution in [-0.4, -0.2) is 34.7 Å². The molecule has 18 heavy (non-hydrogen) atoms. The van der Waals surface area contributed by atoms with Crippen molar-refractivity contribution < 1.29 is 4.52 Å². The first-order valence-corrected chi connectivity index (χ1v) is 6.92. The van der Waals surface area contributed by atoms with Crippen molar-refractivity contribution in [1.29, 1.82) is 0 Å². The van der Waals surface area contributed by atoms with Gasteiger partial charge in [0.25, 0.3) is 0 Å². The Bertz CT molecular complexity index is 335. The highest BCUT2D eigenvalue weighted by Crippen LogP contribution is 2.20. The van der Waals surface area contributed by atoms with Crippen LogP contribution in [0, 0.1) is 5.92 Å². The Morgan fingerprint density at radius 3 is 2.50 bits per heavy atom. The Morgan fingerprint density at radius 2 is 1.94 bits per heavy atom. The fraction of sp³-hybridized carbons (Fsp3) is 0.846. The third kappa shape index (κ3) is 4.07. The molecule has 1 aromatic rings. The molecule has 0 aliphatic carbocycles. The summed E-state index contributed by atoms with van der Waals surface area (Å²) in [6.07, 6.45) is 1.83. The molecule has 104 valence electrons. The highest BCUT2D eigenvalue weighted by molar-refractivity contribution is 4.94. The van der Waals surface area contributed by atoms with Crippen LogP contribution in [0.4, 0.5) is 0 Å². The van der Waals surface area contributed by atoms with Crippen LogP contribution in [0.3, 0.4) is 0 Å². The fourth-order valence-electron chi connectivity index (χ4n) is 1.80. The van der Waals surface area contributed by atoms with Gasteiger partial charge in [0.2, 0.25) is 5.89 Å². The quantitative estimate of drug-likeness (QED) is 0.768. The van der Waals surface area contributed by atoms with E-state index in [0.29, 0.717) is 11.8 Å². The van der Waals surface area contributed by atoms with Crippen LogP contribution < -0.4 is 5.73 Å². The molecule has 5 nitrogen and oxygen atoms in total. The molecule has 0 spiro atoms. The summed E-state index contributed by atoms with van der Waals surface area (Å²) in [6.45, 7) is 11.6. The van der Waals surface area contributed by atoms with Gasteiger partial charge >= 0.3 is 0 Å². The third-order valence-corrected chi connectivity index (χ3v) is 3.57. The highest BCUT2D eigenvalue weighted by atomic mass is 16.5. The number of nitrogens with two attached hydrogens (primary N) is 1. The molecule has 1 aromatic heterocycles. The van der Waals surface area contributed by atoms with E-state index >= 15 is 0 Å². The summed E-state index contributed by atoms with van der Waals surface area (Å²) < 4.78 is 5.24. The van der Waals surface area contributed by atoms with Crippen molar-refractivity contribution in [2.75, 3.05) is 19.6 Å². The van der Waals surface area contributed by atoms with E-state index in [9.17, 15) is 0 Å². The molecule has 0 bridgehead atoms. The summed E-state index contributed by atoms with van der Waals surface area (Å²) in [7, 11) is 0. The van der Waals surface area contributed by atoms with Gasteiger partial charge in [0.05, 0.1) is 6.04 Å². The van der Waals surface area contributed by atoms with E-state index in [4.69, 9.17) is 10.3 Å². The monoisotopic (exact) mass is 254 g/mol. The molecular formula is C13H26N4O. The van der Waals surface area contributed by atoms with Gasteiger partial charge in [-0.15, -0.1) is 0 Å². The maximum absolute atomic E-state index is 6.06. The van der Waals surface area contributed by atoms with Crippen molar-refractivity contribution in [2.24, 2.45) is 11.7 Å². The molecule has 0 saturated carbocycles. The van der Waals surface area contributed by atoms with Crippen LogP contribution in [-0.2, 0) is 6.42 Å². The average molecular weight is 254 g/mol. The standard InChI is InChI=1S/C13H26N4O/c1-5-10(4)12(14)13-15-11(16-18-13)8-9-17(6-2)7-3/h10,12H,5-9,14H2,1-4H3/t10-,12-/m0/s1. The predicted molar refractivity (Wildman–Crippen MR) is 72.2 cm³/mol. The second-order valence-electron chi connectivity index (χ2n) is 4.74. The van der Waals surface area contributed by atoms with Crippen molar-refractivity contribution in [1.82, 2.24) is 15.0 Å². The van der Waals surface area contributed by atoms with E-state index in [1.54, 1.807) is 0 Å². The molecule has 0 amide bonds. The lowest BCUT2D eigenvalue weighted by Crippen LogP contribution is -2.25. The van der Waals surface area contributed by atoms with Crippen molar-refractivity contribution in [3.05, 3.63) is 11.7 Å². The van der Waals surface area contributed by atoms with Crippen LogP contribution in [0.15, 0.2) is 4.52 Å². The zero-order valence-corrected chi connectivity index (χ0v) is 12.0. The van der Waals surface area contributed by atoms with E-state index in [0.717, 1.165) is 38.3 Å². The molecule has 0 aliphatic rings. The van der Waals surface area contributed by atoms with Gasteiger partial charge in [-0.2, -0.15) is 4.98 Å². The van der Waals surface area contributed by atoms with Crippen molar-refractivity contribution in [3.8, 4) is 0 Å². The van der Waals surface area contributed by atoms with Gasteiger partial charge in [-0.25, -0.2) is 0 Å². The first-order chi connectivity index (χ1) is 8.62. The lowest BCUT2D eigenvalue weighted by Gasteiger charge is -2.16. The van der Waals surface area contributed by atoms with E-state index in [1.807, 2.05) is 0 Å². The minimum Gasteiger partial charge on any atom is -0.338 e. The van der Waals surface area contributed by atoms with Crippen LogP contribution in [0.1, 0.15) is 51.9 Å². The Hall–Kier alpha value is -0.940. The van der Waals surface area contributed by atoms with Gasteiger partial charge in [-0.05, 0) is 19.0 Å². The molecule has 1 rings (SSSR count). The number of hydrogen-bond donors (Lipinski definition) is 1. The summed E-state index contributed by atoms with van der Waals surface area (Å²) in [5.41, 5.74) is 6.06. The zero-order valence-electron chi connectivity index (χ0n) is 12.0. The van der Waals surface area contributed by atoms with Gasteiger partial charge in [0.1, 0.15) is 0 Å². The molecule has 2 N–H and O–H groups in total. The first-order valence-electron chi connectivity index (χ1n) is 6.92. The van der Waals surface area contributed by atoms with Crippen molar-refractivity contribution in [3.63, 3.8) is 0 Å². The summed E-state index contributed by atoms with van der Waals surface area (Å²) in [6, 6.07) is -0.148. The molecule has 0 aliphatic heterocycles. The topological polar surface area (TPSA) is 68.2 Å². The second-order valence-corrected chi connectivity index (χ2v) is 4.74. The van der Waals surface area contributed by atoms with E-state index in [2.05, 4.69) is 42.7 Å². The smallest absolute Gasteiger partial charge is 0.243 e. The predicted octanol–water partition coefficient (Wildman–Crippen LogP) is 2.00. The van der Waals surface area contributed by atoms with Gasteiger partial charge in [-0.3, -0.25) is 0 Å². The van der Waals surface area contributed by atoms with Crippen molar-refractivity contribution in [2.45, 2.75) is 46.6 Å². The largest absolute Gasteiger partial charge is 0.338 e. The number of likely N-dealkylation sites (N-methyl/N-ethyl adjacent to an activating group) is 1. The lowest BCUT2D eigenvalue weighted by atomic mass is 10.0. The van der Waals surface area contributed by atoms with Crippen LogP contribution >= 0.6 is 0 Å². The molecule has 5 heteroatoms. The van der Waals surface area contributed by atoms with Gasteiger partial charge in [-0.1, -0.05) is 39.3 Å². The summed E-state index contributed by atoms with van der Waals surface area (Å²) in [5.74, 6) is 1.69. The minimum absolute atomic E-state index is 0.148. The second kappa shape index (κ2) is 7.48. The van der Waals surface area contributed by atoms with Gasteiger partial charge in [0.15, 0.2) is 5.82 Å². The summed E-state index contributed by atoms with van der Waals surface area (Å²) in [5, 5.41) is 4.00. The average Bonchev–Trinajstić information content (AvgIpc) is 2.87. The van der Waals surface area contributed by atoms with Crippen molar-refractivity contribution >= 4 is 0 Å². The SMILES string of the molecule is CC[C@H](C)[C@H](N)c1nc(CCN(CC)CC)no1. The Balaban J connectivity index is 2.52. The van der Waals surface area contributed by atoms with Gasteiger partial charge < -0.3 is 15.2 Å². The molecular weight excluding hydrogens is 228 g/mol. The van der Waals surface area contributed by atoms with Crippen LogP contribution in [0.2, 0.25) is 0 Å². The fourth-order valence-corrected chi connectivity index (χ4v) is 1.80. The molecule has 0 aromatic carbocycles. The number of hydrogen-bond acceptors (Lipinski definition) is 5. The summed E-state index contributed by atoms with van der Waals surface area (Å²) in [4.78, 5) is 6.73. The van der Waals surface area contributed by atoms with Crippen LogP contribution in [0.5, 0.6) is 0 Å². The summed E-state index contributed by atoms with van der Waals surface area (Å²) >= 11 is 0. The molecule has 0 saturated heterocycles. The van der Waals surface area contributed by atoms with E-state index in [1.165, 1.54) is 0 Å². The Labute approximate surface area is 110 Å². The van der Waals surface area contributed by atoms with Crippen LogP contribution in [0.25, 0.3) is 0 Å². The third-order valence-electron chi connectivity index (χ3n) is 3.57. The lowest BCUT2D eigenvalue weighted by molar-refractivity contribution is 0.297. The van der Waals surface area contributed by atoms with Gasteiger partial charge in [0, 0.05) is 13.0 Å². The number of nitrogens with zero attached hydrogens (tertiary/aromatic N) is 3. The Morgan fingerprint density at radius 1 is 1.28 bits per heavy atom. The maximum Gasteiger partial charge on any atom is 0.243 e. The number of rotatable bonds is 8. The molecule has 0 fully saturated rings. The van der Waals surface area contributed by atoms with E-state index < -0.39 is 0 Å². The Kier molecular flexibility index (Phi) is 6.29.